The molecule has 1 aromatic carbocycles. The van der Waals surface area contributed by atoms with E-state index in [4.69, 9.17) is 4.74 Å². The molecule has 2 unspecified atom stereocenters. The van der Waals surface area contributed by atoms with Crippen molar-refractivity contribution in [1.82, 2.24) is 5.32 Å². The lowest BCUT2D eigenvalue weighted by Gasteiger charge is -2.31. The number of ether oxygens (including phenoxy) is 1. The van der Waals surface area contributed by atoms with Gasteiger partial charge in [-0.05, 0) is 49.9 Å². The highest BCUT2D eigenvalue weighted by Crippen LogP contribution is 2.31. The molecule has 0 amide bonds. The fourth-order valence-corrected chi connectivity index (χ4v) is 3.08. The minimum atomic E-state index is 0.414. The molecule has 1 aromatic rings. The lowest BCUT2D eigenvalue weighted by Crippen LogP contribution is -2.33. The number of hydrogen-bond donors (Lipinski definition) is 1. The van der Waals surface area contributed by atoms with Crippen LogP contribution in [0.4, 0.5) is 0 Å². The van der Waals surface area contributed by atoms with Gasteiger partial charge in [0.15, 0.2) is 0 Å². The van der Waals surface area contributed by atoms with Crippen LogP contribution in [0, 0.1) is 12.8 Å². The molecule has 0 saturated carbocycles. The SMILES string of the molecule is CCCNC(c1ccc(C)c(Br)c1)C1CCCOC1. The zero-order valence-corrected chi connectivity index (χ0v) is 13.5. The van der Waals surface area contributed by atoms with Crippen LogP contribution < -0.4 is 5.32 Å². The molecule has 106 valence electrons. The number of aryl methyl sites for hydroxylation is 1. The van der Waals surface area contributed by atoms with Gasteiger partial charge in [-0.15, -0.1) is 0 Å². The van der Waals surface area contributed by atoms with Crippen molar-refractivity contribution in [1.29, 1.82) is 0 Å². The summed E-state index contributed by atoms with van der Waals surface area (Å²) in [5, 5.41) is 3.70. The molecule has 0 radical (unpaired) electrons. The smallest absolute Gasteiger partial charge is 0.0512 e. The molecular formula is C16H24BrNO. The fraction of sp³-hybridized carbons (Fsp3) is 0.625. The third kappa shape index (κ3) is 4.04. The second-order valence-corrected chi connectivity index (χ2v) is 6.27. The standard InChI is InChI=1S/C16H24BrNO/c1-3-8-18-16(14-5-4-9-19-11-14)13-7-6-12(2)15(17)10-13/h6-7,10,14,16,18H,3-5,8-9,11H2,1-2H3. The quantitative estimate of drug-likeness (QED) is 0.874. The van der Waals surface area contributed by atoms with Crippen molar-refractivity contribution in [2.75, 3.05) is 19.8 Å². The summed E-state index contributed by atoms with van der Waals surface area (Å²) in [6.45, 7) is 7.21. The highest BCUT2D eigenvalue weighted by Gasteiger charge is 2.25. The number of hydrogen-bond acceptors (Lipinski definition) is 2. The molecule has 0 aliphatic carbocycles. The molecule has 1 aliphatic heterocycles. The van der Waals surface area contributed by atoms with Gasteiger partial charge in [0, 0.05) is 23.0 Å². The van der Waals surface area contributed by atoms with E-state index in [0.717, 1.165) is 26.2 Å². The van der Waals surface area contributed by atoms with E-state index in [1.807, 2.05) is 0 Å². The zero-order valence-electron chi connectivity index (χ0n) is 11.9. The fourth-order valence-electron chi connectivity index (χ4n) is 2.69. The number of benzene rings is 1. The predicted octanol–water partition coefficient (Wildman–Crippen LogP) is 4.22. The average molecular weight is 326 g/mol. The van der Waals surface area contributed by atoms with Crippen molar-refractivity contribution in [2.45, 2.75) is 39.2 Å². The Labute approximate surface area is 125 Å². The molecule has 0 spiro atoms. The lowest BCUT2D eigenvalue weighted by molar-refractivity contribution is 0.0390. The van der Waals surface area contributed by atoms with Crippen molar-refractivity contribution < 1.29 is 4.74 Å². The van der Waals surface area contributed by atoms with Gasteiger partial charge < -0.3 is 10.1 Å². The lowest BCUT2D eigenvalue weighted by atomic mass is 9.88. The average Bonchev–Trinajstić information content (AvgIpc) is 2.44. The van der Waals surface area contributed by atoms with E-state index in [9.17, 15) is 0 Å². The molecule has 2 rings (SSSR count). The molecule has 2 nitrogen and oxygen atoms in total. The summed E-state index contributed by atoms with van der Waals surface area (Å²) < 4.78 is 6.87. The minimum absolute atomic E-state index is 0.414. The molecule has 19 heavy (non-hydrogen) atoms. The molecule has 1 N–H and O–H groups in total. The summed E-state index contributed by atoms with van der Waals surface area (Å²) in [7, 11) is 0. The molecule has 1 aliphatic rings. The van der Waals surface area contributed by atoms with Crippen molar-refractivity contribution in [3.8, 4) is 0 Å². The molecule has 2 atom stereocenters. The third-order valence-corrected chi connectivity index (χ3v) is 4.69. The Morgan fingerprint density at radius 2 is 2.32 bits per heavy atom. The maximum Gasteiger partial charge on any atom is 0.0512 e. The molecular weight excluding hydrogens is 302 g/mol. The van der Waals surface area contributed by atoms with Crippen LogP contribution >= 0.6 is 15.9 Å². The van der Waals surface area contributed by atoms with Crippen LogP contribution in [0.1, 0.15) is 43.4 Å². The number of rotatable bonds is 5. The van der Waals surface area contributed by atoms with Crippen LogP contribution in [0.3, 0.4) is 0 Å². The van der Waals surface area contributed by atoms with Gasteiger partial charge in [-0.3, -0.25) is 0 Å². The van der Waals surface area contributed by atoms with Crippen LogP contribution in [0.15, 0.2) is 22.7 Å². The highest BCUT2D eigenvalue weighted by molar-refractivity contribution is 9.10. The second kappa shape index (κ2) is 7.41. The van der Waals surface area contributed by atoms with E-state index >= 15 is 0 Å². The zero-order chi connectivity index (χ0) is 13.7. The van der Waals surface area contributed by atoms with Gasteiger partial charge in [-0.25, -0.2) is 0 Å². The molecule has 1 heterocycles. The van der Waals surface area contributed by atoms with E-state index < -0.39 is 0 Å². The summed E-state index contributed by atoms with van der Waals surface area (Å²) >= 11 is 3.65. The van der Waals surface area contributed by atoms with Gasteiger partial charge in [0.25, 0.3) is 0 Å². The number of nitrogens with one attached hydrogen (secondary N) is 1. The van der Waals surface area contributed by atoms with Gasteiger partial charge in [-0.1, -0.05) is 35.0 Å². The Balaban J connectivity index is 2.17. The first-order valence-corrected chi connectivity index (χ1v) is 8.09. The normalized spacial score (nSPS) is 21.3. The van der Waals surface area contributed by atoms with Crippen LogP contribution in [0.2, 0.25) is 0 Å². The maximum absolute atomic E-state index is 5.67. The minimum Gasteiger partial charge on any atom is -0.381 e. The molecule has 1 fully saturated rings. The van der Waals surface area contributed by atoms with Crippen LogP contribution in [0.5, 0.6) is 0 Å². The van der Waals surface area contributed by atoms with Gasteiger partial charge in [0.05, 0.1) is 6.61 Å². The predicted molar refractivity (Wildman–Crippen MR) is 83.5 cm³/mol. The summed E-state index contributed by atoms with van der Waals surface area (Å²) in [5.74, 6) is 0.593. The molecule has 0 aromatic heterocycles. The second-order valence-electron chi connectivity index (χ2n) is 5.42. The number of halogens is 1. The van der Waals surface area contributed by atoms with Crippen LogP contribution in [-0.4, -0.2) is 19.8 Å². The van der Waals surface area contributed by atoms with Crippen molar-refractivity contribution in [3.63, 3.8) is 0 Å². The Bertz CT molecular complexity index is 402. The van der Waals surface area contributed by atoms with E-state index in [1.54, 1.807) is 0 Å². The molecule has 3 heteroatoms. The third-order valence-electron chi connectivity index (χ3n) is 3.84. The molecule has 0 bridgehead atoms. The van der Waals surface area contributed by atoms with Gasteiger partial charge in [-0.2, -0.15) is 0 Å². The van der Waals surface area contributed by atoms with E-state index in [2.05, 4.69) is 53.3 Å². The van der Waals surface area contributed by atoms with Crippen molar-refractivity contribution in [2.24, 2.45) is 5.92 Å². The van der Waals surface area contributed by atoms with Gasteiger partial charge in [0.2, 0.25) is 0 Å². The van der Waals surface area contributed by atoms with E-state index in [0.29, 0.717) is 12.0 Å². The Morgan fingerprint density at radius 3 is 2.95 bits per heavy atom. The van der Waals surface area contributed by atoms with Gasteiger partial charge in [0.1, 0.15) is 0 Å². The highest BCUT2D eigenvalue weighted by atomic mass is 79.9. The van der Waals surface area contributed by atoms with Crippen LogP contribution in [-0.2, 0) is 4.74 Å². The summed E-state index contributed by atoms with van der Waals surface area (Å²) in [4.78, 5) is 0. The Morgan fingerprint density at radius 1 is 1.47 bits per heavy atom. The Kier molecular flexibility index (Phi) is 5.86. The topological polar surface area (TPSA) is 21.3 Å². The van der Waals surface area contributed by atoms with Crippen molar-refractivity contribution in [3.05, 3.63) is 33.8 Å². The first-order valence-electron chi connectivity index (χ1n) is 7.29. The monoisotopic (exact) mass is 325 g/mol. The largest absolute Gasteiger partial charge is 0.381 e. The Hall–Kier alpha value is -0.380. The van der Waals surface area contributed by atoms with Crippen LogP contribution in [0.25, 0.3) is 0 Å². The van der Waals surface area contributed by atoms with E-state index in [-0.39, 0.29) is 0 Å². The summed E-state index contributed by atoms with van der Waals surface area (Å²) in [5.41, 5.74) is 2.67. The first-order chi connectivity index (χ1) is 9.22. The van der Waals surface area contributed by atoms with Crippen molar-refractivity contribution >= 4 is 15.9 Å². The maximum atomic E-state index is 5.67. The first kappa shape index (κ1) is 15.0. The summed E-state index contributed by atoms with van der Waals surface area (Å²) in [6.07, 6.45) is 3.60. The van der Waals surface area contributed by atoms with Gasteiger partial charge >= 0.3 is 0 Å². The summed E-state index contributed by atoms with van der Waals surface area (Å²) in [6, 6.07) is 7.13. The van der Waals surface area contributed by atoms with E-state index in [1.165, 1.54) is 28.4 Å². The molecule has 1 saturated heterocycles.